The summed E-state index contributed by atoms with van der Waals surface area (Å²) < 4.78 is 23.4. The van der Waals surface area contributed by atoms with E-state index in [0.717, 1.165) is 0 Å². The molecule has 0 spiro atoms. The zero-order valence-electron chi connectivity index (χ0n) is 10.3. The van der Waals surface area contributed by atoms with Gasteiger partial charge in [-0.2, -0.15) is 0 Å². The zero-order valence-corrected chi connectivity index (χ0v) is 11.9. The van der Waals surface area contributed by atoms with E-state index in [1.165, 1.54) is 12.1 Å². The Hall–Kier alpha value is -1.40. The molecule has 0 aliphatic rings. The molecule has 0 atom stereocenters. The van der Waals surface area contributed by atoms with Crippen LogP contribution in [0.5, 0.6) is 0 Å². The molecule has 0 heterocycles. The van der Waals surface area contributed by atoms with Crippen molar-refractivity contribution >= 4 is 33.1 Å². The highest BCUT2D eigenvalue weighted by atomic mass is 35.5. The summed E-state index contributed by atoms with van der Waals surface area (Å²) in [4.78, 5) is 23.0. The van der Waals surface area contributed by atoms with Crippen LogP contribution in [-0.2, 0) is 14.6 Å². The lowest BCUT2D eigenvalue weighted by Crippen LogP contribution is -2.32. The molecule has 1 amide bonds. The number of ketones is 1. The van der Waals surface area contributed by atoms with Crippen LogP contribution in [0.2, 0.25) is 5.02 Å². The number of hydrogen-bond acceptors (Lipinski definition) is 4. The SMILES string of the molecule is CCNC(=O)CS(=O)(=O)CC(=O)c1ccccc1Cl. The van der Waals surface area contributed by atoms with Gasteiger partial charge in [0.05, 0.1) is 5.02 Å². The Morgan fingerprint density at radius 3 is 2.42 bits per heavy atom. The minimum atomic E-state index is -3.79. The molecule has 5 nitrogen and oxygen atoms in total. The van der Waals surface area contributed by atoms with Crippen LogP contribution in [0.1, 0.15) is 17.3 Å². The quantitative estimate of drug-likeness (QED) is 0.797. The Morgan fingerprint density at radius 2 is 1.84 bits per heavy atom. The minimum absolute atomic E-state index is 0.142. The highest BCUT2D eigenvalue weighted by Gasteiger charge is 2.22. The summed E-state index contributed by atoms with van der Waals surface area (Å²) in [6, 6.07) is 6.19. The molecule has 1 N–H and O–H groups in total. The first-order valence-electron chi connectivity index (χ1n) is 5.60. The van der Waals surface area contributed by atoms with Gasteiger partial charge in [-0.15, -0.1) is 0 Å². The van der Waals surface area contributed by atoms with E-state index < -0.39 is 33.0 Å². The normalized spacial score (nSPS) is 11.1. The average molecular weight is 304 g/mol. The second kappa shape index (κ2) is 6.68. The number of carbonyl (C=O) groups excluding carboxylic acids is 2. The molecule has 0 aliphatic heterocycles. The molecule has 0 bridgehead atoms. The monoisotopic (exact) mass is 303 g/mol. The van der Waals surface area contributed by atoms with Crippen LogP contribution in [0, 0.1) is 0 Å². The topological polar surface area (TPSA) is 80.3 Å². The largest absolute Gasteiger partial charge is 0.356 e. The highest BCUT2D eigenvalue weighted by molar-refractivity contribution is 7.92. The molecule has 1 aromatic carbocycles. The summed E-state index contributed by atoms with van der Waals surface area (Å²) >= 11 is 5.81. The zero-order chi connectivity index (χ0) is 14.5. The molecule has 0 aliphatic carbocycles. The van der Waals surface area contributed by atoms with Gasteiger partial charge in [0, 0.05) is 12.1 Å². The van der Waals surface area contributed by atoms with E-state index in [4.69, 9.17) is 11.6 Å². The average Bonchev–Trinajstić information content (AvgIpc) is 2.27. The van der Waals surface area contributed by atoms with Crippen molar-refractivity contribution in [2.75, 3.05) is 18.1 Å². The van der Waals surface area contributed by atoms with Crippen molar-refractivity contribution in [2.45, 2.75) is 6.92 Å². The van der Waals surface area contributed by atoms with E-state index in [9.17, 15) is 18.0 Å². The maximum atomic E-state index is 11.8. The molecule has 0 aromatic heterocycles. The van der Waals surface area contributed by atoms with Gasteiger partial charge in [0.1, 0.15) is 11.5 Å². The first-order valence-corrected chi connectivity index (χ1v) is 7.80. The first-order chi connectivity index (χ1) is 8.85. The van der Waals surface area contributed by atoms with Gasteiger partial charge < -0.3 is 5.32 Å². The van der Waals surface area contributed by atoms with Crippen molar-refractivity contribution in [1.82, 2.24) is 5.32 Å². The van der Waals surface area contributed by atoms with Crippen LogP contribution in [0.4, 0.5) is 0 Å². The smallest absolute Gasteiger partial charge is 0.235 e. The lowest BCUT2D eigenvalue weighted by atomic mass is 10.1. The fraction of sp³-hybridized carbons (Fsp3) is 0.333. The molecule has 19 heavy (non-hydrogen) atoms. The molecule has 0 fully saturated rings. The molecule has 1 rings (SSSR count). The maximum absolute atomic E-state index is 11.8. The third-order valence-electron chi connectivity index (χ3n) is 2.25. The fourth-order valence-corrected chi connectivity index (χ4v) is 2.86. The van der Waals surface area contributed by atoms with Gasteiger partial charge in [-0.05, 0) is 19.1 Å². The van der Waals surface area contributed by atoms with Crippen molar-refractivity contribution in [3.63, 3.8) is 0 Å². The van der Waals surface area contributed by atoms with Gasteiger partial charge in [-0.1, -0.05) is 23.7 Å². The molecule has 0 unspecified atom stereocenters. The summed E-state index contributed by atoms with van der Waals surface area (Å²) in [5.41, 5.74) is 0.142. The van der Waals surface area contributed by atoms with Crippen molar-refractivity contribution in [3.05, 3.63) is 34.9 Å². The summed E-state index contributed by atoms with van der Waals surface area (Å²) in [5, 5.41) is 2.57. The molecule has 104 valence electrons. The van der Waals surface area contributed by atoms with E-state index in [-0.39, 0.29) is 10.6 Å². The van der Waals surface area contributed by atoms with E-state index in [2.05, 4.69) is 5.32 Å². The van der Waals surface area contributed by atoms with Crippen LogP contribution in [0.3, 0.4) is 0 Å². The number of Topliss-reactive ketones (excluding diaryl/α,β-unsaturated/α-hetero) is 1. The van der Waals surface area contributed by atoms with Gasteiger partial charge in [-0.25, -0.2) is 8.42 Å². The number of amides is 1. The predicted octanol–water partition coefficient (Wildman–Crippen LogP) is 1.07. The van der Waals surface area contributed by atoms with Gasteiger partial charge in [0.15, 0.2) is 15.6 Å². The molecule has 0 saturated carbocycles. The first kappa shape index (κ1) is 15.7. The van der Waals surface area contributed by atoms with E-state index in [0.29, 0.717) is 6.54 Å². The number of rotatable bonds is 6. The van der Waals surface area contributed by atoms with Crippen LogP contribution >= 0.6 is 11.6 Å². The number of nitrogens with one attached hydrogen (secondary N) is 1. The second-order valence-electron chi connectivity index (χ2n) is 3.89. The van der Waals surface area contributed by atoms with Crippen LogP contribution in [0.25, 0.3) is 0 Å². The van der Waals surface area contributed by atoms with Crippen molar-refractivity contribution in [2.24, 2.45) is 0 Å². The van der Waals surface area contributed by atoms with Crippen molar-refractivity contribution in [1.29, 1.82) is 0 Å². The second-order valence-corrected chi connectivity index (χ2v) is 6.36. The van der Waals surface area contributed by atoms with Gasteiger partial charge in [0.2, 0.25) is 5.91 Å². The van der Waals surface area contributed by atoms with Crippen LogP contribution in [-0.4, -0.2) is 38.2 Å². The number of benzene rings is 1. The molecular weight excluding hydrogens is 290 g/mol. The Kier molecular flexibility index (Phi) is 5.50. The predicted molar refractivity (Wildman–Crippen MR) is 73.1 cm³/mol. The van der Waals surface area contributed by atoms with Gasteiger partial charge >= 0.3 is 0 Å². The standard InChI is InChI=1S/C12H14ClNO4S/c1-2-14-12(16)8-19(17,18)7-11(15)9-5-3-4-6-10(9)13/h3-6H,2,7-8H2,1H3,(H,14,16). The lowest BCUT2D eigenvalue weighted by Gasteiger charge is -2.05. The molecule has 0 radical (unpaired) electrons. The molecular formula is C12H14ClNO4S. The lowest BCUT2D eigenvalue weighted by molar-refractivity contribution is -0.118. The van der Waals surface area contributed by atoms with Gasteiger partial charge in [0.25, 0.3) is 0 Å². The third kappa shape index (κ3) is 5.00. The fourth-order valence-electron chi connectivity index (χ4n) is 1.46. The summed E-state index contributed by atoms with van der Waals surface area (Å²) in [5.74, 6) is -2.66. The Morgan fingerprint density at radius 1 is 1.21 bits per heavy atom. The Bertz CT molecular complexity index is 583. The van der Waals surface area contributed by atoms with E-state index >= 15 is 0 Å². The van der Waals surface area contributed by atoms with E-state index in [1.807, 2.05) is 0 Å². The summed E-state index contributed by atoms with van der Waals surface area (Å²) in [6.45, 7) is 2.02. The number of sulfone groups is 1. The minimum Gasteiger partial charge on any atom is -0.356 e. The van der Waals surface area contributed by atoms with Gasteiger partial charge in [-0.3, -0.25) is 9.59 Å². The highest BCUT2D eigenvalue weighted by Crippen LogP contribution is 2.16. The number of halogens is 1. The maximum Gasteiger partial charge on any atom is 0.235 e. The number of hydrogen-bond donors (Lipinski definition) is 1. The van der Waals surface area contributed by atoms with Crippen LogP contribution < -0.4 is 5.32 Å². The summed E-state index contributed by atoms with van der Waals surface area (Å²) in [7, 11) is -3.79. The molecule has 0 saturated heterocycles. The third-order valence-corrected chi connectivity index (χ3v) is 3.98. The van der Waals surface area contributed by atoms with Crippen LogP contribution in [0.15, 0.2) is 24.3 Å². The van der Waals surface area contributed by atoms with E-state index in [1.54, 1.807) is 19.1 Å². The Labute approximate surface area is 116 Å². The van der Waals surface area contributed by atoms with Crippen molar-refractivity contribution in [3.8, 4) is 0 Å². The summed E-state index contributed by atoms with van der Waals surface area (Å²) in [6.07, 6.45) is 0. The molecule has 1 aromatic rings. The Balaban J connectivity index is 2.77. The number of carbonyl (C=O) groups is 2. The molecule has 7 heteroatoms. The van der Waals surface area contributed by atoms with Crippen molar-refractivity contribution < 1.29 is 18.0 Å².